The molecular weight excluding hydrogens is 258 g/mol. The van der Waals surface area contributed by atoms with Crippen LogP contribution < -0.4 is 11.5 Å². The predicted molar refractivity (Wildman–Crippen MR) is 77.7 cm³/mol. The van der Waals surface area contributed by atoms with Crippen LogP contribution in [0.4, 0.5) is 5.82 Å². The number of anilines is 1. The number of imidazole rings is 1. The van der Waals surface area contributed by atoms with Gasteiger partial charge in [-0.2, -0.15) is 5.26 Å². The van der Waals surface area contributed by atoms with Gasteiger partial charge in [0.25, 0.3) is 0 Å². The van der Waals surface area contributed by atoms with Crippen molar-refractivity contribution in [3.05, 3.63) is 41.5 Å². The molecule has 3 aromatic rings. The highest BCUT2D eigenvalue weighted by atomic mass is 32.1. The van der Waals surface area contributed by atoms with Crippen LogP contribution >= 0.6 is 12.2 Å². The fourth-order valence-corrected chi connectivity index (χ4v) is 2.30. The quantitative estimate of drug-likeness (QED) is 0.653. The van der Waals surface area contributed by atoms with E-state index >= 15 is 0 Å². The van der Waals surface area contributed by atoms with E-state index in [1.807, 2.05) is 24.3 Å². The van der Waals surface area contributed by atoms with Gasteiger partial charge >= 0.3 is 0 Å². The largest absolute Gasteiger partial charge is 0.389 e. The van der Waals surface area contributed by atoms with Crippen LogP contribution in [-0.2, 0) is 0 Å². The number of rotatable bonds is 1. The maximum Gasteiger partial charge on any atom is 0.157 e. The number of thiocarbonyl (C=S) groups is 1. The maximum atomic E-state index is 9.23. The fourth-order valence-electron chi connectivity index (χ4n) is 2.13. The molecule has 5 nitrogen and oxygen atoms in total. The molecule has 6 heteroatoms. The molecular formula is C13H9N5S. The summed E-state index contributed by atoms with van der Waals surface area (Å²) in [5.41, 5.74) is 14.7. The molecule has 0 saturated carbocycles. The molecule has 0 aliphatic carbocycles. The Labute approximate surface area is 114 Å². The number of nitrogens with two attached hydrogens (primary N) is 2. The lowest BCUT2D eigenvalue weighted by Gasteiger charge is -2.08. The lowest BCUT2D eigenvalue weighted by atomic mass is 10.2. The Kier molecular flexibility index (Phi) is 2.37. The summed E-state index contributed by atoms with van der Waals surface area (Å²) in [4.78, 5) is 4.58. The summed E-state index contributed by atoms with van der Waals surface area (Å²) in [7, 11) is 0. The van der Waals surface area contributed by atoms with Gasteiger partial charge in [0.15, 0.2) is 5.65 Å². The third kappa shape index (κ3) is 1.53. The zero-order valence-corrected chi connectivity index (χ0v) is 10.6. The van der Waals surface area contributed by atoms with Crippen molar-refractivity contribution in [3.63, 3.8) is 0 Å². The van der Waals surface area contributed by atoms with E-state index < -0.39 is 0 Å². The normalized spacial score (nSPS) is 10.7. The van der Waals surface area contributed by atoms with Crippen LogP contribution in [0.2, 0.25) is 0 Å². The molecule has 0 radical (unpaired) electrons. The minimum Gasteiger partial charge on any atom is -0.389 e. The van der Waals surface area contributed by atoms with E-state index in [2.05, 4.69) is 11.1 Å². The van der Waals surface area contributed by atoms with Crippen LogP contribution in [0.25, 0.3) is 16.7 Å². The van der Waals surface area contributed by atoms with E-state index in [-0.39, 0.29) is 4.99 Å². The molecule has 0 aliphatic heterocycles. The minimum absolute atomic E-state index is 0.161. The molecule has 2 aromatic heterocycles. The Morgan fingerprint density at radius 2 is 2.11 bits per heavy atom. The molecule has 0 bridgehead atoms. The average molecular weight is 267 g/mol. The first-order chi connectivity index (χ1) is 9.13. The zero-order valence-electron chi connectivity index (χ0n) is 9.79. The Hall–Kier alpha value is -2.65. The van der Waals surface area contributed by atoms with Gasteiger partial charge in [-0.05, 0) is 18.2 Å². The van der Waals surface area contributed by atoms with Crippen LogP contribution in [0, 0.1) is 11.3 Å². The fraction of sp³-hybridized carbons (Fsp3) is 0. The van der Waals surface area contributed by atoms with Gasteiger partial charge in [0, 0.05) is 0 Å². The SMILES string of the molecule is N#Cc1cc(C(N)=S)c(N)n2c1nc1ccccc12. The lowest BCUT2D eigenvalue weighted by Crippen LogP contribution is -2.15. The van der Waals surface area contributed by atoms with Crippen molar-refractivity contribution in [2.75, 3.05) is 5.73 Å². The first-order valence-corrected chi connectivity index (χ1v) is 5.94. The average Bonchev–Trinajstić information content (AvgIpc) is 2.78. The molecule has 0 saturated heterocycles. The van der Waals surface area contributed by atoms with Gasteiger partial charge in [-0.1, -0.05) is 24.4 Å². The van der Waals surface area contributed by atoms with Crippen molar-refractivity contribution in [2.45, 2.75) is 0 Å². The van der Waals surface area contributed by atoms with Crippen molar-refractivity contribution in [1.29, 1.82) is 5.26 Å². The molecule has 2 heterocycles. The molecule has 92 valence electrons. The van der Waals surface area contributed by atoms with E-state index in [0.29, 0.717) is 22.6 Å². The lowest BCUT2D eigenvalue weighted by molar-refractivity contribution is 1.22. The molecule has 0 atom stereocenters. The predicted octanol–water partition coefficient (Wildman–Crippen LogP) is 1.58. The molecule has 0 fully saturated rings. The van der Waals surface area contributed by atoms with Gasteiger partial charge in [-0.3, -0.25) is 4.40 Å². The second-order valence-corrected chi connectivity index (χ2v) is 4.53. The van der Waals surface area contributed by atoms with Gasteiger partial charge in [0.05, 0.1) is 22.2 Å². The van der Waals surface area contributed by atoms with E-state index in [9.17, 15) is 5.26 Å². The van der Waals surface area contributed by atoms with Crippen molar-refractivity contribution in [2.24, 2.45) is 5.73 Å². The van der Waals surface area contributed by atoms with E-state index in [1.54, 1.807) is 10.5 Å². The first-order valence-electron chi connectivity index (χ1n) is 5.53. The zero-order chi connectivity index (χ0) is 13.6. The van der Waals surface area contributed by atoms with Gasteiger partial charge in [0.2, 0.25) is 0 Å². The van der Waals surface area contributed by atoms with Gasteiger partial charge < -0.3 is 11.5 Å². The number of nitrogen functional groups attached to an aromatic ring is 1. The number of fused-ring (bicyclic) bond motifs is 3. The number of nitrogens with zero attached hydrogens (tertiary/aromatic N) is 3. The highest BCUT2D eigenvalue weighted by Gasteiger charge is 2.15. The van der Waals surface area contributed by atoms with Crippen LogP contribution in [-0.4, -0.2) is 14.4 Å². The number of benzene rings is 1. The second-order valence-electron chi connectivity index (χ2n) is 4.09. The number of hydrogen-bond acceptors (Lipinski definition) is 4. The number of para-hydroxylation sites is 2. The highest BCUT2D eigenvalue weighted by Crippen LogP contribution is 2.25. The summed E-state index contributed by atoms with van der Waals surface area (Å²) >= 11 is 4.97. The second kappa shape index (κ2) is 3.93. The summed E-state index contributed by atoms with van der Waals surface area (Å²) in [6, 6.07) is 11.2. The van der Waals surface area contributed by atoms with Gasteiger partial charge in [-0.25, -0.2) is 4.98 Å². The van der Waals surface area contributed by atoms with Crippen LogP contribution in [0.15, 0.2) is 30.3 Å². The molecule has 0 amide bonds. The maximum absolute atomic E-state index is 9.23. The molecule has 1 aromatic carbocycles. The monoisotopic (exact) mass is 267 g/mol. The van der Waals surface area contributed by atoms with Crippen molar-refractivity contribution >= 4 is 39.7 Å². The molecule has 4 N–H and O–H groups in total. The van der Waals surface area contributed by atoms with Gasteiger partial charge in [0.1, 0.15) is 16.9 Å². The Bertz CT molecular complexity index is 872. The van der Waals surface area contributed by atoms with E-state index in [4.69, 9.17) is 23.7 Å². The Morgan fingerprint density at radius 3 is 2.79 bits per heavy atom. The van der Waals surface area contributed by atoms with Crippen LogP contribution in [0.1, 0.15) is 11.1 Å². The minimum atomic E-state index is 0.161. The molecule has 19 heavy (non-hydrogen) atoms. The number of hydrogen-bond donors (Lipinski definition) is 2. The topological polar surface area (TPSA) is 93.1 Å². The summed E-state index contributed by atoms with van der Waals surface area (Å²) in [6.07, 6.45) is 0. The third-order valence-corrected chi connectivity index (χ3v) is 3.21. The summed E-state index contributed by atoms with van der Waals surface area (Å²) in [5.74, 6) is 0.398. The van der Waals surface area contributed by atoms with E-state index in [0.717, 1.165) is 11.0 Å². The number of aromatic nitrogens is 2. The highest BCUT2D eigenvalue weighted by molar-refractivity contribution is 7.80. The van der Waals surface area contributed by atoms with Crippen molar-refractivity contribution in [3.8, 4) is 6.07 Å². The summed E-state index contributed by atoms with van der Waals surface area (Å²) in [6.45, 7) is 0. The standard InChI is InChI=1S/C13H9N5S/c14-6-7-5-8(12(16)19)11(15)18-10-4-2-1-3-9(10)17-13(7)18/h1-5H,15H2,(H2,16,19). The molecule has 0 unspecified atom stereocenters. The summed E-state index contributed by atoms with van der Waals surface area (Å²) < 4.78 is 1.71. The van der Waals surface area contributed by atoms with Crippen LogP contribution in [0.5, 0.6) is 0 Å². The van der Waals surface area contributed by atoms with Crippen molar-refractivity contribution in [1.82, 2.24) is 9.38 Å². The molecule has 3 rings (SSSR count). The molecule has 0 spiro atoms. The molecule has 0 aliphatic rings. The first kappa shape index (κ1) is 11.4. The van der Waals surface area contributed by atoms with Crippen LogP contribution in [0.3, 0.4) is 0 Å². The Balaban J connectivity index is 2.61. The number of pyridine rings is 1. The van der Waals surface area contributed by atoms with E-state index in [1.165, 1.54) is 0 Å². The summed E-state index contributed by atoms with van der Waals surface area (Å²) in [5, 5.41) is 9.23. The van der Waals surface area contributed by atoms with Crippen molar-refractivity contribution < 1.29 is 0 Å². The number of nitriles is 1. The Morgan fingerprint density at radius 1 is 1.37 bits per heavy atom. The van der Waals surface area contributed by atoms with Gasteiger partial charge in [-0.15, -0.1) is 0 Å². The third-order valence-electron chi connectivity index (χ3n) is 2.99. The smallest absolute Gasteiger partial charge is 0.157 e.